The molecule has 5 nitrogen and oxygen atoms in total. The van der Waals surface area contributed by atoms with Crippen LogP contribution in [-0.4, -0.2) is 17.5 Å². The molecule has 1 aliphatic heterocycles. The maximum absolute atomic E-state index is 11.8. The number of nitrogen functional groups attached to an aromatic ring is 1. The maximum Gasteiger partial charge on any atom is 0.277 e. The fourth-order valence-corrected chi connectivity index (χ4v) is 3.24. The number of hydrogen-bond donors (Lipinski definition) is 2. The Balaban J connectivity index is 2.40. The molecule has 2 rings (SSSR count). The van der Waals surface area contributed by atoms with Crippen LogP contribution in [0, 0.1) is 0 Å². The van der Waals surface area contributed by atoms with Crippen LogP contribution in [0.15, 0.2) is 0 Å². The van der Waals surface area contributed by atoms with Gasteiger partial charge in [0.05, 0.1) is 5.69 Å². The number of nitrogens with one attached hydrogen (secondary N) is 1. The summed E-state index contributed by atoms with van der Waals surface area (Å²) in [5, 5.41) is 0.885. The molecular formula is C12H19N3O2S. The van der Waals surface area contributed by atoms with E-state index in [1.54, 1.807) is 0 Å². The summed E-state index contributed by atoms with van der Waals surface area (Å²) < 4.78 is 5.62. The number of amides is 1. The van der Waals surface area contributed by atoms with Gasteiger partial charge in [0, 0.05) is 12.0 Å². The van der Waals surface area contributed by atoms with E-state index in [9.17, 15) is 4.79 Å². The molecule has 0 saturated carbocycles. The van der Waals surface area contributed by atoms with Crippen LogP contribution in [0.25, 0.3) is 0 Å². The topological polar surface area (TPSA) is 77.2 Å². The van der Waals surface area contributed by atoms with Crippen molar-refractivity contribution < 1.29 is 9.53 Å². The van der Waals surface area contributed by atoms with E-state index in [0.29, 0.717) is 4.88 Å². The molecule has 6 heteroatoms. The van der Waals surface area contributed by atoms with Crippen LogP contribution in [0.1, 0.15) is 60.1 Å². The lowest BCUT2D eigenvalue weighted by molar-refractivity contribution is 0.0955. The molecule has 1 aromatic rings. The summed E-state index contributed by atoms with van der Waals surface area (Å²) >= 11 is 1.39. The fourth-order valence-electron chi connectivity index (χ4n) is 1.97. The number of carbonyl (C=O) groups is 1. The number of hydrogen-bond acceptors (Lipinski definition) is 5. The van der Waals surface area contributed by atoms with Gasteiger partial charge in [-0.1, -0.05) is 20.8 Å². The molecule has 1 amide bonds. The van der Waals surface area contributed by atoms with E-state index in [1.165, 1.54) is 11.3 Å². The number of carbonyl (C=O) groups excluding carboxylic acids is 1. The minimum atomic E-state index is -0.276. The largest absolute Gasteiger partial charge is 0.371 e. The average molecular weight is 269 g/mol. The van der Waals surface area contributed by atoms with E-state index < -0.39 is 0 Å². The van der Waals surface area contributed by atoms with Crippen molar-refractivity contribution in [2.45, 2.75) is 45.1 Å². The van der Waals surface area contributed by atoms with Gasteiger partial charge in [-0.05, 0) is 12.8 Å². The first-order valence-electron chi connectivity index (χ1n) is 6.07. The Kier molecular flexibility index (Phi) is 3.70. The molecule has 0 radical (unpaired) electrons. The molecule has 2 heterocycles. The minimum absolute atomic E-state index is 0.0374. The predicted molar refractivity (Wildman–Crippen MR) is 70.4 cm³/mol. The summed E-state index contributed by atoms with van der Waals surface area (Å²) in [4.78, 5) is 17.0. The second-order valence-corrected chi connectivity index (χ2v) is 6.49. The van der Waals surface area contributed by atoms with E-state index in [-0.39, 0.29) is 17.4 Å². The molecule has 1 aliphatic rings. The van der Waals surface area contributed by atoms with Gasteiger partial charge in [-0.25, -0.2) is 10.8 Å². The van der Waals surface area contributed by atoms with Crippen molar-refractivity contribution in [3.8, 4) is 0 Å². The third-order valence-electron chi connectivity index (χ3n) is 2.90. The highest BCUT2D eigenvalue weighted by atomic mass is 32.1. The predicted octanol–water partition coefficient (Wildman–Crippen LogP) is 1.90. The summed E-state index contributed by atoms with van der Waals surface area (Å²) in [6.07, 6.45) is 2.06. The van der Waals surface area contributed by atoms with Gasteiger partial charge in [0.1, 0.15) is 16.0 Å². The number of nitrogens with two attached hydrogens (primary N) is 1. The van der Waals surface area contributed by atoms with Crippen LogP contribution < -0.4 is 11.3 Å². The van der Waals surface area contributed by atoms with Gasteiger partial charge in [0.2, 0.25) is 0 Å². The summed E-state index contributed by atoms with van der Waals surface area (Å²) in [5.74, 6) is 4.95. The molecule has 18 heavy (non-hydrogen) atoms. The van der Waals surface area contributed by atoms with Crippen LogP contribution in [0.3, 0.4) is 0 Å². The van der Waals surface area contributed by atoms with Gasteiger partial charge in [0.15, 0.2) is 0 Å². The Morgan fingerprint density at radius 1 is 1.56 bits per heavy atom. The van der Waals surface area contributed by atoms with E-state index in [0.717, 1.165) is 30.2 Å². The number of thiazole rings is 1. The van der Waals surface area contributed by atoms with Gasteiger partial charge >= 0.3 is 0 Å². The lowest BCUT2D eigenvalue weighted by Gasteiger charge is -2.16. The molecule has 0 aliphatic carbocycles. The number of aromatic nitrogens is 1. The molecule has 1 atom stereocenters. The molecule has 0 spiro atoms. The Labute approximate surface area is 111 Å². The highest BCUT2D eigenvalue weighted by Crippen LogP contribution is 2.36. The second kappa shape index (κ2) is 4.95. The lowest BCUT2D eigenvalue weighted by atomic mass is 9.91. The van der Waals surface area contributed by atoms with E-state index >= 15 is 0 Å². The zero-order chi connectivity index (χ0) is 13.3. The van der Waals surface area contributed by atoms with E-state index in [2.05, 4.69) is 10.4 Å². The van der Waals surface area contributed by atoms with Crippen molar-refractivity contribution in [1.29, 1.82) is 0 Å². The number of ether oxygens (including phenoxy) is 1. The Bertz CT molecular complexity index is 445. The Hall–Kier alpha value is -0.980. The zero-order valence-electron chi connectivity index (χ0n) is 10.9. The first-order valence-corrected chi connectivity index (χ1v) is 6.89. The molecule has 1 saturated heterocycles. The Morgan fingerprint density at radius 3 is 2.78 bits per heavy atom. The summed E-state index contributed by atoms with van der Waals surface area (Å²) in [5.41, 5.74) is 2.80. The summed E-state index contributed by atoms with van der Waals surface area (Å²) in [6, 6.07) is 0. The van der Waals surface area contributed by atoms with Gasteiger partial charge in [-0.2, -0.15) is 0 Å². The lowest BCUT2D eigenvalue weighted by Crippen LogP contribution is -2.31. The molecule has 3 N–H and O–H groups in total. The standard InChI is InChI=1S/C12H19N3O2S/c1-12(2,3)9-8(10(16)15-13)18-11(14-9)7-5-4-6-17-7/h7H,4-6,13H2,1-3H3,(H,15,16). The van der Waals surface area contributed by atoms with Crippen molar-refractivity contribution in [3.63, 3.8) is 0 Å². The quantitative estimate of drug-likeness (QED) is 0.488. The highest BCUT2D eigenvalue weighted by molar-refractivity contribution is 7.13. The Morgan fingerprint density at radius 2 is 2.28 bits per heavy atom. The summed E-state index contributed by atoms with van der Waals surface area (Å²) in [7, 11) is 0. The van der Waals surface area contributed by atoms with Crippen LogP contribution in [0.4, 0.5) is 0 Å². The zero-order valence-corrected chi connectivity index (χ0v) is 11.8. The molecule has 1 aromatic heterocycles. The van der Waals surface area contributed by atoms with Gasteiger partial charge in [-0.15, -0.1) is 11.3 Å². The maximum atomic E-state index is 11.8. The van der Waals surface area contributed by atoms with Crippen LogP contribution in [0.5, 0.6) is 0 Å². The SMILES string of the molecule is CC(C)(C)c1nc(C2CCCO2)sc1C(=O)NN. The second-order valence-electron chi connectivity index (χ2n) is 5.45. The van der Waals surface area contributed by atoms with Crippen LogP contribution in [0.2, 0.25) is 0 Å². The van der Waals surface area contributed by atoms with Crippen LogP contribution in [-0.2, 0) is 10.2 Å². The number of nitrogens with zero attached hydrogens (tertiary/aromatic N) is 1. The van der Waals surface area contributed by atoms with Crippen molar-refractivity contribution >= 4 is 17.2 Å². The first-order chi connectivity index (χ1) is 8.43. The highest BCUT2D eigenvalue weighted by Gasteiger charge is 2.30. The number of rotatable bonds is 2. The van der Waals surface area contributed by atoms with Crippen LogP contribution >= 0.6 is 11.3 Å². The van der Waals surface area contributed by atoms with E-state index in [1.807, 2.05) is 20.8 Å². The van der Waals surface area contributed by atoms with Gasteiger partial charge in [-0.3, -0.25) is 10.2 Å². The summed E-state index contributed by atoms with van der Waals surface area (Å²) in [6.45, 7) is 6.88. The average Bonchev–Trinajstić information content (AvgIpc) is 2.94. The minimum Gasteiger partial charge on any atom is -0.371 e. The molecular weight excluding hydrogens is 250 g/mol. The fraction of sp³-hybridized carbons (Fsp3) is 0.667. The normalized spacial score (nSPS) is 20.1. The van der Waals surface area contributed by atoms with E-state index in [4.69, 9.17) is 10.6 Å². The smallest absolute Gasteiger partial charge is 0.277 e. The molecule has 0 aromatic carbocycles. The monoisotopic (exact) mass is 269 g/mol. The molecule has 100 valence electrons. The van der Waals surface area contributed by atoms with Crippen molar-refractivity contribution in [3.05, 3.63) is 15.6 Å². The van der Waals surface area contributed by atoms with Crippen molar-refractivity contribution in [2.75, 3.05) is 6.61 Å². The van der Waals surface area contributed by atoms with Gasteiger partial charge < -0.3 is 4.74 Å². The molecule has 0 bridgehead atoms. The third-order valence-corrected chi connectivity index (χ3v) is 4.04. The first kappa shape index (κ1) is 13.5. The third kappa shape index (κ3) is 2.55. The van der Waals surface area contributed by atoms with Gasteiger partial charge in [0.25, 0.3) is 5.91 Å². The molecule has 1 fully saturated rings. The van der Waals surface area contributed by atoms with Crippen molar-refractivity contribution in [1.82, 2.24) is 10.4 Å². The van der Waals surface area contributed by atoms with Crippen molar-refractivity contribution in [2.24, 2.45) is 5.84 Å². The number of hydrazine groups is 1. The molecule has 1 unspecified atom stereocenters.